The molecule has 0 heterocycles. The number of benzene rings is 1. The van der Waals surface area contributed by atoms with Crippen molar-refractivity contribution in [1.29, 1.82) is 0 Å². The Labute approximate surface area is 71.7 Å². The van der Waals surface area contributed by atoms with Gasteiger partial charge in [-0.2, -0.15) is 0 Å². The minimum absolute atomic E-state index is 0.305. The van der Waals surface area contributed by atoms with Crippen molar-refractivity contribution < 1.29 is 4.39 Å². The van der Waals surface area contributed by atoms with Gasteiger partial charge in [0.1, 0.15) is 5.82 Å². The highest BCUT2D eigenvalue weighted by atomic mass is 19.1. The fraction of sp³-hybridized carbons (Fsp3) is 0.200. The van der Waals surface area contributed by atoms with Crippen molar-refractivity contribution in [2.45, 2.75) is 13.3 Å². The van der Waals surface area contributed by atoms with Crippen LogP contribution in [-0.2, 0) is 0 Å². The van der Waals surface area contributed by atoms with E-state index in [1.54, 1.807) is 6.07 Å². The van der Waals surface area contributed by atoms with Gasteiger partial charge in [-0.25, -0.2) is 4.39 Å². The van der Waals surface area contributed by atoms with Crippen LogP contribution in [0.15, 0.2) is 24.8 Å². The lowest BCUT2D eigenvalue weighted by Crippen LogP contribution is -1.93. The quantitative estimate of drug-likeness (QED) is 0.670. The molecule has 0 aliphatic heterocycles. The van der Waals surface area contributed by atoms with Gasteiger partial charge in [0.05, 0.1) is 0 Å². The van der Waals surface area contributed by atoms with Gasteiger partial charge in [-0.1, -0.05) is 13.5 Å². The van der Waals surface area contributed by atoms with Crippen LogP contribution in [0.5, 0.6) is 0 Å². The van der Waals surface area contributed by atoms with E-state index in [-0.39, 0.29) is 5.82 Å². The van der Waals surface area contributed by atoms with Crippen molar-refractivity contribution in [3.63, 3.8) is 0 Å². The first-order valence-corrected chi connectivity index (χ1v) is 3.88. The third-order valence-electron chi connectivity index (χ3n) is 1.82. The molecule has 0 saturated heterocycles. The standard InChI is InChI=1S/C10H12FN/c1-3-7(2)9-5-4-8(11)6-10(9)12/h4-6H,2-3,12H2,1H3. The number of nitrogen functional groups attached to an aromatic ring is 1. The normalized spacial score (nSPS) is 9.83. The predicted octanol–water partition coefficient (Wildman–Crippen LogP) is 2.83. The van der Waals surface area contributed by atoms with Gasteiger partial charge < -0.3 is 5.73 Å². The molecule has 0 unspecified atom stereocenters. The number of nitrogens with two attached hydrogens (primary N) is 1. The molecule has 1 rings (SSSR count). The topological polar surface area (TPSA) is 26.0 Å². The summed E-state index contributed by atoms with van der Waals surface area (Å²) in [6, 6.07) is 4.37. The molecule has 0 saturated carbocycles. The molecule has 0 fully saturated rings. The van der Waals surface area contributed by atoms with Crippen molar-refractivity contribution >= 4 is 11.3 Å². The predicted molar refractivity (Wildman–Crippen MR) is 50.1 cm³/mol. The van der Waals surface area contributed by atoms with Gasteiger partial charge >= 0.3 is 0 Å². The fourth-order valence-electron chi connectivity index (χ4n) is 1.05. The largest absolute Gasteiger partial charge is 0.398 e. The van der Waals surface area contributed by atoms with Crippen LogP contribution in [0.25, 0.3) is 5.57 Å². The summed E-state index contributed by atoms with van der Waals surface area (Å²) in [6.45, 7) is 5.82. The summed E-state index contributed by atoms with van der Waals surface area (Å²) in [5.41, 5.74) is 7.84. The zero-order chi connectivity index (χ0) is 9.14. The summed E-state index contributed by atoms with van der Waals surface area (Å²) >= 11 is 0. The summed E-state index contributed by atoms with van der Waals surface area (Å²) in [7, 11) is 0. The van der Waals surface area contributed by atoms with E-state index in [9.17, 15) is 4.39 Å². The average Bonchev–Trinajstić information content (AvgIpc) is 2.03. The van der Waals surface area contributed by atoms with E-state index < -0.39 is 0 Å². The molecule has 0 atom stereocenters. The summed E-state index contributed by atoms with van der Waals surface area (Å²) in [5.74, 6) is -0.305. The average molecular weight is 165 g/mol. The highest BCUT2D eigenvalue weighted by molar-refractivity contribution is 5.73. The van der Waals surface area contributed by atoms with E-state index in [1.807, 2.05) is 6.92 Å². The minimum Gasteiger partial charge on any atom is -0.398 e. The number of halogens is 1. The maximum Gasteiger partial charge on any atom is 0.125 e. The molecule has 2 heteroatoms. The van der Waals surface area contributed by atoms with Crippen molar-refractivity contribution in [2.75, 3.05) is 5.73 Å². The van der Waals surface area contributed by atoms with E-state index in [2.05, 4.69) is 6.58 Å². The molecule has 12 heavy (non-hydrogen) atoms. The number of rotatable bonds is 2. The molecule has 1 aromatic rings. The third-order valence-corrected chi connectivity index (χ3v) is 1.82. The Kier molecular flexibility index (Phi) is 2.48. The van der Waals surface area contributed by atoms with Crippen LogP contribution in [0.2, 0.25) is 0 Å². The maximum atomic E-state index is 12.6. The molecule has 0 aliphatic rings. The maximum absolute atomic E-state index is 12.6. The zero-order valence-electron chi connectivity index (χ0n) is 7.10. The number of hydrogen-bond acceptors (Lipinski definition) is 1. The first-order chi connectivity index (χ1) is 5.65. The summed E-state index contributed by atoms with van der Waals surface area (Å²) < 4.78 is 12.6. The molecule has 64 valence electrons. The lowest BCUT2D eigenvalue weighted by atomic mass is 10.0. The zero-order valence-corrected chi connectivity index (χ0v) is 7.10. The van der Waals surface area contributed by atoms with E-state index in [0.717, 1.165) is 17.6 Å². The smallest absolute Gasteiger partial charge is 0.125 e. The summed E-state index contributed by atoms with van der Waals surface area (Å²) in [6.07, 6.45) is 0.829. The molecular weight excluding hydrogens is 153 g/mol. The highest BCUT2D eigenvalue weighted by Gasteiger charge is 2.02. The second-order valence-corrected chi connectivity index (χ2v) is 2.69. The molecular formula is C10H12FN. The van der Waals surface area contributed by atoms with Crippen LogP contribution < -0.4 is 5.73 Å². The number of hydrogen-bond donors (Lipinski definition) is 1. The van der Waals surface area contributed by atoms with Gasteiger partial charge in [0.25, 0.3) is 0 Å². The first kappa shape index (κ1) is 8.78. The van der Waals surface area contributed by atoms with Gasteiger partial charge in [-0.15, -0.1) is 0 Å². The lowest BCUT2D eigenvalue weighted by molar-refractivity contribution is 0.628. The molecule has 0 aromatic heterocycles. The Bertz CT molecular complexity index is 305. The number of anilines is 1. The highest BCUT2D eigenvalue weighted by Crippen LogP contribution is 2.22. The van der Waals surface area contributed by atoms with Crippen LogP contribution in [0.1, 0.15) is 18.9 Å². The first-order valence-electron chi connectivity index (χ1n) is 3.88. The SMILES string of the molecule is C=C(CC)c1ccc(F)cc1N. The van der Waals surface area contributed by atoms with Crippen LogP contribution in [0.4, 0.5) is 10.1 Å². The lowest BCUT2D eigenvalue weighted by Gasteiger charge is -2.05. The molecule has 0 amide bonds. The van der Waals surface area contributed by atoms with Crippen molar-refractivity contribution in [2.24, 2.45) is 0 Å². The summed E-state index contributed by atoms with van der Waals surface area (Å²) in [5, 5.41) is 0. The molecule has 2 N–H and O–H groups in total. The van der Waals surface area contributed by atoms with Gasteiger partial charge in [0, 0.05) is 11.3 Å². The monoisotopic (exact) mass is 165 g/mol. The fourth-order valence-corrected chi connectivity index (χ4v) is 1.05. The van der Waals surface area contributed by atoms with Crippen LogP contribution in [0.3, 0.4) is 0 Å². The van der Waals surface area contributed by atoms with E-state index in [1.165, 1.54) is 12.1 Å². The molecule has 0 spiro atoms. The molecule has 0 aliphatic carbocycles. The third kappa shape index (κ3) is 1.64. The molecule has 0 bridgehead atoms. The molecule has 1 aromatic carbocycles. The van der Waals surface area contributed by atoms with E-state index in [0.29, 0.717) is 5.69 Å². The summed E-state index contributed by atoms with van der Waals surface area (Å²) in [4.78, 5) is 0. The second-order valence-electron chi connectivity index (χ2n) is 2.69. The number of allylic oxidation sites excluding steroid dienone is 1. The molecule has 0 radical (unpaired) electrons. The Hall–Kier alpha value is -1.31. The Balaban J connectivity index is 3.09. The molecule has 1 nitrogen and oxygen atoms in total. The second kappa shape index (κ2) is 3.39. The van der Waals surface area contributed by atoms with Gasteiger partial charge in [-0.05, 0) is 30.2 Å². The Morgan fingerprint density at radius 3 is 2.75 bits per heavy atom. The van der Waals surface area contributed by atoms with Crippen LogP contribution >= 0.6 is 0 Å². The van der Waals surface area contributed by atoms with Crippen molar-refractivity contribution in [1.82, 2.24) is 0 Å². The van der Waals surface area contributed by atoms with Crippen molar-refractivity contribution in [3.05, 3.63) is 36.2 Å². The van der Waals surface area contributed by atoms with Gasteiger partial charge in [-0.3, -0.25) is 0 Å². The van der Waals surface area contributed by atoms with Crippen LogP contribution in [-0.4, -0.2) is 0 Å². The Morgan fingerprint density at radius 1 is 1.58 bits per heavy atom. The van der Waals surface area contributed by atoms with Gasteiger partial charge in [0.15, 0.2) is 0 Å². The van der Waals surface area contributed by atoms with Crippen molar-refractivity contribution in [3.8, 4) is 0 Å². The van der Waals surface area contributed by atoms with Gasteiger partial charge in [0.2, 0.25) is 0 Å². The Morgan fingerprint density at radius 2 is 2.25 bits per heavy atom. The van der Waals surface area contributed by atoms with E-state index in [4.69, 9.17) is 5.73 Å². The minimum atomic E-state index is -0.305. The van der Waals surface area contributed by atoms with E-state index >= 15 is 0 Å². The van der Waals surface area contributed by atoms with Crippen LogP contribution in [0, 0.1) is 5.82 Å².